The second kappa shape index (κ2) is 5.28. The van der Waals surface area contributed by atoms with E-state index in [9.17, 15) is 0 Å². The third-order valence-electron chi connectivity index (χ3n) is 1.34. The molecule has 3 heteroatoms. The van der Waals surface area contributed by atoms with Crippen molar-refractivity contribution in [3.63, 3.8) is 0 Å². The zero-order valence-electron chi connectivity index (χ0n) is 6.96. The number of hydrogen-bond donors (Lipinski definition) is 2. The summed E-state index contributed by atoms with van der Waals surface area (Å²) in [7, 11) is 0. The quantitative estimate of drug-likeness (QED) is 0.803. The van der Waals surface area contributed by atoms with E-state index in [1.165, 1.54) is 0 Å². The Labute approximate surface area is 78.0 Å². The van der Waals surface area contributed by atoms with Crippen LogP contribution in [0.4, 0.5) is 0 Å². The van der Waals surface area contributed by atoms with Gasteiger partial charge >= 0.3 is 21.1 Å². The maximum Gasteiger partial charge on any atom is 2.00 e. The number of hydrogen-bond acceptors (Lipinski definition) is 2. The van der Waals surface area contributed by atoms with Crippen LogP contribution in [0.15, 0.2) is 0 Å². The first-order chi connectivity index (χ1) is 3.98. The molecule has 0 aromatic heterocycles. The van der Waals surface area contributed by atoms with Gasteiger partial charge in [0.2, 0.25) is 0 Å². The Bertz CT molecular complexity index is 81.7. The molecular weight excluding hydrogens is 307 g/mol. The minimum absolute atomic E-state index is 0. The molecule has 0 fully saturated rings. The smallest absolute Gasteiger partial charge is 0.329 e. The molecule has 0 amide bonds. The summed E-state index contributed by atoms with van der Waals surface area (Å²) < 4.78 is 0. The van der Waals surface area contributed by atoms with Crippen molar-refractivity contribution in [2.75, 3.05) is 6.54 Å². The summed E-state index contributed by atoms with van der Waals surface area (Å²) in [6.45, 7) is 6.87. The van der Waals surface area contributed by atoms with E-state index in [-0.39, 0.29) is 26.6 Å². The zero-order valence-corrected chi connectivity index (χ0v) is 9.23. The molecule has 10 heavy (non-hydrogen) atoms. The molecule has 0 aromatic carbocycles. The fraction of sp³-hybridized carbons (Fsp3) is 1.00. The Morgan fingerprint density at radius 3 is 1.90 bits per heavy atom. The van der Waals surface area contributed by atoms with Gasteiger partial charge < -0.3 is 11.5 Å². The Kier molecular flexibility index (Phi) is 6.98. The van der Waals surface area contributed by atoms with Crippen LogP contribution >= 0.6 is 0 Å². The SMILES string of the molecule is CC(C)CC(C)(N)CN.[Pt+2]. The summed E-state index contributed by atoms with van der Waals surface area (Å²) in [5.74, 6) is 0.642. The predicted molar refractivity (Wildman–Crippen MR) is 41.1 cm³/mol. The molecule has 1 unspecified atom stereocenters. The summed E-state index contributed by atoms with van der Waals surface area (Å²) in [4.78, 5) is 0. The second-order valence-electron chi connectivity index (χ2n) is 3.46. The molecule has 0 heterocycles. The fourth-order valence-electron chi connectivity index (χ4n) is 1.02. The van der Waals surface area contributed by atoms with Crippen molar-refractivity contribution in [2.24, 2.45) is 17.4 Å². The molecule has 0 aliphatic heterocycles. The fourth-order valence-corrected chi connectivity index (χ4v) is 1.02. The van der Waals surface area contributed by atoms with Gasteiger partial charge in [0.15, 0.2) is 0 Å². The van der Waals surface area contributed by atoms with Crippen molar-refractivity contribution < 1.29 is 21.1 Å². The molecule has 1 atom stereocenters. The van der Waals surface area contributed by atoms with Crippen LogP contribution in [0.2, 0.25) is 0 Å². The van der Waals surface area contributed by atoms with E-state index in [0.29, 0.717) is 12.5 Å². The molecular formula is C7H18N2Pt+2. The van der Waals surface area contributed by atoms with E-state index < -0.39 is 0 Å². The molecule has 0 spiro atoms. The van der Waals surface area contributed by atoms with Gasteiger partial charge in [0.1, 0.15) is 0 Å². The average molecular weight is 325 g/mol. The third-order valence-corrected chi connectivity index (χ3v) is 1.34. The molecule has 0 bridgehead atoms. The van der Waals surface area contributed by atoms with E-state index in [4.69, 9.17) is 11.5 Å². The van der Waals surface area contributed by atoms with E-state index in [0.717, 1.165) is 6.42 Å². The Hall–Kier alpha value is 0.608. The molecule has 0 saturated carbocycles. The van der Waals surface area contributed by atoms with Crippen LogP contribution < -0.4 is 11.5 Å². The minimum Gasteiger partial charge on any atom is -0.329 e. The molecule has 64 valence electrons. The van der Waals surface area contributed by atoms with Gasteiger partial charge in [-0.2, -0.15) is 0 Å². The summed E-state index contributed by atoms with van der Waals surface area (Å²) in [5.41, 5.74) is 11.1. The molecule has 0 aliphatic carbocycles. The van der Waals surface area contributed by atoms with Gasteiger partial charge in [0.05, 0.1) is 0 Å². The average Bonchev–Trinajstić information content (AvgIpc) is 1.63. The molecule has 2 nitrogen and oxygen atoms in total. The molecule has 0 saturated heterocycles. The van der Waals surface area contributed by atoms with Crippen molar-refractivity contribution in [2.45, 2.75) is 32.7 Å². The van der Waals surface area contributed by atoms with Crippen LogP contribution in [0.25, 0.3) is 0 Å². The van der Waals surface area contributed by atoms with E-state index >= 15 is 0 Å². The van der Waals surface area contributed by atoms with Crippen molar-refractivity contribution in [3.05, 3.63) is 0 Å². The van der Waals surface area contributed by atoms with Gasteiger partial charge in [-0.25, -0.2) is 0 Å². The van der Waals surface area contributed by atoms with Crippen LogP contribution in [0.3, 0.4) is 0 Å². The van der Waals surface area contributed by atoms with Crippen LogP contribution in [0.5, 0.6) is 0 Å². The molecule has 0 rings (SSSR count). The van der Waals surface area contributed by atoms with Crippen molar-refractivity contribution >= 4 is 0 Å². The molecule has 0 aromatic rings. The number of nitrogens with two attached hydrogens (primary N) is 2. The van der Waals surface area contributed by atoms with Crippen molar-refractivity contribution in [1.82, 2.24) is 0 Å². The maximum atomic E-state index is 5.79. The Morgan fingerprint density at radius 2 is 1.80 bits per heavy atom. The first-order valence-corrected chi connectivity index (χ1v) is 3.47. The third kappa shape index (κ3) is 6.72. The minimum atomic E-state index is -0.159. The van der Waals surface area contributed by atoms with Gasteiger partial charge in [0.25, 0.3) is 0 Å². The van der Waals surface area contributed by atoms with Crippen molar-refractivity contribution in [3.8, 4) is 0 Å². The van der Waals surface area contributed by atoms with Gasteiger partial charge in [0, 0.05) is 12.1 Å². The van der Waals surface area contributed by atoms with E-state index in [1.807, 2.05) is 6.92 Å². The topological polar surface area (TPSA) is 52.0 Å². The number of rotatable bonds is 3. The van der Waals surface area contributed by atoms with E-state index in [1.54, 1.807) is 0 Å². The van der Waals surface area contributed by atoms with Gasteiger partial charge in [-0.15, -0.1) is 0 Å². The van der Waals surface area contributed by atoms with Gasteiger partial charge in [-0.3, -0.25) is 0 Å². The standard InChI is InChI=1S/C7H18N2.Pt/c1-6(2)4-7(3,9)5-8;/h6H,4-5,8-9H2,1-3H3;/q;+2. The van der Waals surface area contributed by atoms with Crippen LogP contribution in [-0.4, -0.2) is 12.1 Å². The van der Waals surface area contributed by atoms with Gasteiger partial charge in [-0.05, 0) is 19.3 Å². The second-order valence-corrected chi connectivity index (χ2v) is 3.46. The van der Waals surface area contributed by atoms with Crippen LogP contribution in [-0.2, 0) is 21.1 Å². The summed E-state index contributed by atoms with van der Waals surface area (Å²) in [5, 5.41) is 0. The largest absolute Gasteiger partial charge is 2.00 e. The zero-order chi connectivity index (χ0) is 7.49. The predicted octanol–water partition coefficient (Wildman–Crippen LogP) is 0.706. The maximum absolute atomic E-state index is 5.79. The molecule has 0 aliphatic rings. The van der Waals surface area contributed by atoms with Crippen LogP contribution in [0.1, 0.15) is 27.2 Å². The normalized spacial score (nSPS) is 16.2. The monoisotopic (exact) mass is 325 g/mol. The van der Waals surface area contributed by atoms with Crippen molar-refractivity contribution in [1.29, 1.82) is 0 Å². The molecule has 4 N–H and O–H groups in total. The summed E-state index contributed by atoms with van der Waals surface area (Å²) in [6, 6.07) is 0. The summed E-state index contributed by atoms with van der Waals surface area (Å²) in [6.07, 6.45) is 1.00. The Balaban J connectivity index is 0. The van der Waals surface area contributed by atoms with Gasteiger partial charge in [-0.1, -0.05) is 13.8 Å². The van der Waals surface area contributed by atoms with E-state index in [2.05, 4.69) is 13.8 Å². The Morgan fingerprint density at radius 1 is 1.40 bits per heavy atom. The molecule has 0 radical (unpaired) electrons. The first-order valence-electron chi connectivity index (χ1n) is 3.47. The summed E-state index contributed by atoms with van der Waals surface area (Å²) >= 11 is 0. The first kappa shape index (κ1) is 13.2. The van der Waals surface area contributed by atoms with Crippen LogP contribution in [0, 0.1) is 5.92 Å².